The van der Waals surface area contributed by atoms with E-state index in [-0.39, 0.29) is 0 Å². The maximum absolute atomic E-state index is 5.27. The summed E-state index contributed by atoms with van der Waals surface area (Å²) in [5, 5.41) is 0. The highest BCUT2D eigenvalue weighted by atomic mass is 16.4. The molecule has 4 heteroatoms. The van der Waals surface area contributed by atoms with Crippen molar-refractivity contribution in [1.82, 2.24) is 4.98 Å². The first kappa shape index (κ1) is 7.82. The molecule has 0 radical (unpaired) electrons. The van der Waals surface area contributed by atoms with E-state index in [0.717, 1.165) is 5.56 Å². The minimum atomic E-state index is 0.318. The summed E-state index contributed by atoms with van der Waals surface area (Å²) in [6.45, 7) is 0. The number of hydrogen-bond acceptors (Lipinski definition) is 4. The summed E-state index contributed by atoms with van der Waals surface area (Å²) in [6, 6.07) is 10.0. The van der Waals surface area contributed by atoms with Crippen molar-refractivity contribution in [3.05, 3.63) is 36.5 Å². The molecule has 1 aromatic carbocycles. The van der Waals surface area contributed by atoms with Crippen molar-refractivity contribution in [2.24, 2.45) is 5.84 Å². The molecule has 0 aliphatic heterocycles. The second kappa shape index (κ2) is 3.28. The Morgan fingerprint density at radius 2 is 2.00 bits per heavy atom. The van der Waals surface area contributed by atoms with E-state index in [1.165, 1.54) is 0 Å². The number of oxazole rings is 1. The molecule has 0 saturated heterocycles. The third kappa shape index (κ3) is 1.52. The van der Waals surface area contributed by atoms with Gasteiger partial charge in [0, 0.05) is 5.56 Å². The minimum Gasteiger partial charge on any atom is -0.423 e. The molecule has 0 atom stereocenters. The maximum atomic E-state index is 5.27. The van der Waals surface area contributed by atoms with E-state index in [9.17, 15) is 0 Å². The van der Waals surface area contributed by atoms with Crippen molar-refractivity contribution in [2.75, 3.05) is 5.43 Å². The van der Waals surface area contributed by atoms with Gasteiger partial charge in [-0.15, -0.1) is 0 Å². The Labute approximate surface area is 75.4 Å². The molecule has 2 aromatic rings. The normalized spacial score (nSPS) is 9.92. The topological polar surface area (TPSA) is 64.1 Å². The highest BCUT2D eigenvalue weighted by Gasteiger charge is 2.03. The SMILES string of the molecule is NNc1ncc(-c2ccccc2)o1. The number of hydrogen-bond donors (Lipinski definition) is 2. The second-order valence-corrected chi connectivity index (χ2v) is 2.54. The Morgan fingerprint density at radius 1 is 1.23 bits per heavy atom. The number of hydrazine groups is 1. The Morgan fingerprint density at radius 3 is 2.62 bits per heavy atom. The fourth-order valence-corrected chi connectivity index (χ4v) is 1.08. The van der Waals surface area contributed by atoms with Crippen LogP contribution in [0.4, 0.5) is 6.01 Å². The van der Waals surface area contributed by atoms with Crippen LogP contribution in [0.2, 0.25) is 0 Å². The highest BCUT2D eigenvalue weighted by molar-refractivity contribution is 5.56. The zero-order valence-electron chi connectivity index (χ0n) is 6.90. The molecule has 3 N–H and O–H groups in total. The molecule has 0 aliphatic carbocycles. The van der Waals surface area contributed by atoms with E-state index in [1.54, 1.807) is 6.20 Å². The molecule has 0 amide bonds. The number of anilines is 1. The largest absolute Gasteiger partial charge is 0.423 e. The van der Waals surface area contributed by atoms with Crippen LogP contribution in [-0.4, -0.2) is 4.98 Å². The smallest absolute Gasteiger partial charge is 0.309 e. The van der Waals surface area contributed by atoms with Gasteiger partial charge < -0.3 is 4.42 Å². The number of nitrogens with one attached hydrogen (secondary N) is 1. The van der Waals surface area contributed by atoms with Gasteiger partial charge in [-0.25, -0.2) is 10.8 Å². The predicted octanol–water partition coefficient (Wildman–Crippen LogP) is 1.63. The lowest BCUT2D eigenvalue weighted by Gasteiger charge is -1.93. The first-order valence-corrected chi connectivity index (χ1v) is 3.88. The number of benzene rings is 1. The summed E-state index contributed by atoms with van der Waals surface area (Å²) < 4.78 is 5.27. The van der Waals surface area contributed by atoms with Crippen molar-refractivity contribution in [3.63, 3.8) is 0 Å². The zero-order chi connectivity index (χ0) is 9.10. The lowest BCUT2D eigenvalue weighted by Crippen LogP contribution is -2.06. The molecule has 0 aliphatic rings. The molecule has 4 nitrogen and oxygen atoms in total. The van der Waals surface area contributed by atoms with Crippen LogP contribution in [0.5, 0.6) is 0 Å². The molecule has 0 saturated carbocycles. The van der Waals surface area contributed by atoms with Crippen molar-refractivity contribution >= 4 is 6.01 Å². The van der Waals surface area contributed by atoms with Crippen LogP contribution >= 0.6 is 0 Å². The standard InChI is InChI=1S/C9H9N3O/c10-12-9-11-6-8(13-9)7-4-2-1-3-5-7/h1-6H,10H2,(H,11,12). The highest BCUT2D eigenvalue weighted by Crippen LogP contribution is 2.20. The first-order valence-electron chi connectivity index (χ1n) is 3.88. The average molecular weight is 175 g/mol. The van der Waals surface area contributed by atoms with E-state index in [4.69, 9.17) is 10.3 Å². The minimum absolute atomic E-state index is 0.318. The van der Waals surface area contributed by atoms with Gasteiger partial charge in [-0.05, 0) is 0 Å². The lowest BCUT2D eigenvalue weighted by molar-refractivity contribution is 0.586. The van der Waals surface area contributed by atoms with Crippen LogP contribution < -0.4 is 11.3 Å². The van der Waals surface area contributed by atoms with Crippen molar-refractivity contribution in [3.8, 4) is 11.3 Å². The van der Waals surface area contributed by atoms with Crippen molar-refractivity contribution < 1.29 is 4.42 Å². The van der Waals surface area contributed by atoms with Crippen LogP contribution in [0.3, 0.4) is 0 Å². The Balaban J connectivity index is 2.36. The van der Waals surface area contributed by atoms with Crippen LogP contribution in [0.25, 0.3) is 11.3 Å². The molecule has 1 heterocycles. The average Bonchev–Trinajstić information content (AvgIpc) is 2.67. The predicted molar refractivity (Wildman–Crippen MR) is 49.7 cm³/mol. The second-order valence-electron chi connectivity index (χ2n) is 2.54. The van der Waals surface area contributed by atoms with E-state index in [2.05, 4.69) is 10.4 Å². The van der Waals surface area contributed by atoms with Gasteiger partial charge in [0.15, 0.2) is 5.76 Å². The molecular weight excluding hydrogens is 166 g/mol. The number of rotatable bonds is 2. The molecular formula is C9H9N3O. The lowest BCUT2D eigenvalue weighted by atomic mass is 10.2. The summed E-state index contributed by atoms with van der Waals surface area (Å²) in [4.78, 5) is 3.91. The van der Waals surface area contributed by atoms with Gasteiger partial charge >= 0.3 is 6.01 Å². The summed E-state index contributed by atoms with van der Waals surface area (Å²) >= 11 is 0. The first-order chi connectivity index (χ1) is 6.40. The number of aromatic nitrogens is 1. The molecule has 13 heavy (non-hydrogen) atoms. The Hall–Kier alpha value is -1.81. The summed E-state index contributed by atoms with van der Waals surface area (Å²) in [5.41, 5.74) is 3.32. The maximum Gasteiger partial charge on any atom is 0.309 e. The van der Waals surface area contributed by atoms with Crippen LogP contribution in [0.1, 0.15) is 0 Å². The van der Waals surface area contributed by atoms with E-state index < -0.39 is 0 Å². The van der Waals surface area contributed by atoms with E-state index in [0.29, 0.717) is 11.8 Å². The zero-order valence-corrected chi connectivity index (χ0v) is 6.90. The molecule has 1 aromatic heterocycles. The van der Waals surface area contributed by atoms with E-state index >= 15 is 0 Å². The van der Waals surface area contributed by atoms with Gasteiger partial charge in [0.2, 0.25) is 0 Å². The molecule has 0 fully saturated rings. The Bertz CT molecular complexity index is 383. The third-order valence-electron chi connectivity index (χ3n) is 1.69. The number of nitrogens with two attached hydrogens (primary N) is 1. The fraction of sp³-hybridized carbons (Fsp3) is 0. The summed E-state index contributed by atoms with van der Waals surface area (Å²) in [5.74, 6) is 5.84. The summed E-state index contributed by atoms with van der Waals surface area (Å²) in [6.07, 6.45) is 1.63. The number of nitrogen functional groups attached to an aromatic ring is 1. The molecule has 0 unspecified atom stereocenters. The number of nitrogens with zero attached hydrogens (tertiary/aromatic N) is 1. The van der Waals surface area contributed by atoms with Gasteiger partial charge in [0.25, 0.3) is 0 Å². The van der Waals surface area contributed by atoms with Gasteiger partial charge in [0.1, 0.15) is 0 Å². The fourth-order valence-electron chi connectivity index (χ4n) is 1.08. The van der Waals surface area contributed by atoms with Gasteiger partial charge in [-0.3, -0.25) is 5.43 Å². The van der Waals surface area contributed by atoms with Crippen LogP contribution in [0, 0.1) is 0 Å². The van der Waals surface area contributed by atoms with Gasteiger partial charge in [0.05, 0.1) is 6.20 Å². The van der Waals surface area contributed by atoms with Gasteiger partial charge in [-0.1, -0.05) is 30.3 Å². The summed E-state index contributed by atoms with van der Waals surface area (Å²) in [7, 11) is 0. The molecule has 0 spiro atoms. The third-order valence-corrected chi connectivity index (χ3v) is 1.69. The van der Waals surface area contributed by atoms with Crippen LogP contribution in [0.15, 0.2) is 40.9 Å². The Kier molecular flexibility index (Phi) is 1.97. The van der Waals surface area contributed by atoms with Crippen LogP contribution in [-0.2, 0) is 0 Å². The molecule has 0 bridgehead atoms. The quantitative estimate of drug-likeness (QED) is 0.537. The van der Waals surface area contributed by atoms with Crippen molar-refractivity contribution in [1.29, 1.82) is 0 Å². The van der Waals surface area contributed by atoms with Crippen molar-refractivity contribution in [2.45, 2.75) is 0 Å². The molecule has 2 rings (SSSR count). The monoisotopic (exact) mass is 175 g/mol. The molecule has 66 valence electrons. The van der Waals surface area contributed by atoms with E-state index in [1.807, 2.05) is 30.3 Å². The van der Waals surface area contributed by atoms with Gasteiger partial charge in [-0.2, -0.15) is 0 Å².